The van der Waals surface area contributed by atoms with Gasteiger partial charge in [-0.05, 0) is 46.2 Å². The Kier molecular flexibility index (Phi) is 5.49. The Morgan fingerprint density at radius 3 is 2.15 bits per heavy atom. The van der Waals surface area contributed by atoms with Gasteiger partial charge in [-0.25, -0.2) is 9.98 Å². The second-order valence-corrected chi connectivity index (χ2v) is 10.3. The first-order valence-corrected chi connectivity index (χ1v) is 13.8. The van der Waals surface area contributed by atoms with Crippen molar-refractivity contribution in [2.45, 2.75) is 6.17 Å². The number of hydrogen-bond acceptors (Lipinski definition) is 4. The maximum atomic E-state index is 6.53. The zero-order valence-electron chi connectivity index (χ0n) is 22.2. The van der Waals surface area contributed by atoms with Crippen molar-refractivity contribution in [3.63, 3.8) is 0 Å². The van der Waals surface area contributed by atoms with Crippen LogP contribution in [0, 0.1) is 0 Å². The van der Waals surface area contributed by atoms with E-state index >= 15 is 0 Å². The Bertz CT molecular complexity index is 2120. The molecule has 41 heavy (non-hydrogen) atoms. The van der Waals surface area contributed by atoms with Crippen molar-refractivity contribution in [2.24, 2.45) is 9.98 Å². The highest BCUT2D eigenvalue weighted by Gasteiger charge is 2.25. The van der Waals surface area contributed by atoms with Crippen molar-refractivity contribution in [2.75, 3.05) is 0 Å². The molecule has 0 fully saturated rings. The number of furan rings is 1. The summed E-state index contributed by atoms with van der Waals surface area (Å²) in [7, 11) is 0. The number of rotatable bonds is 4. The number of amidine groups is 2. The molecule has 0 spiro atoms. The molecule has 4 heteroatoms. The third-order valence-corrected chi connectivity index (χ3v) is 7.73. The predicted octanol–water partition coefficient (Wildman–Crippen LogP) is 8.90. The Balaban J connectivity index is 1.35. The maximum absolute atomic E-state index is 6.53. The zero-order chi connectivity index (χ0) is 27.2. The van der Waals surface area contributed by atoms with Crippen molar-refractivity contribution in [3.8, 4) is 11.1 Å². The van der Waals surface area contributed by atoms with Gasteiger partial charge < -0.3 is 9.73 Å². The lowest BCUT2D eigenvalue weighted by molar-refractivity contribution is 0.668. The molecule has 194 valence electrons. The van der Waals surface area contributed by atoms with E-state index in [1.54, 1.807) is 0 Å². The third kappa shape index (κ3) is 4.09. The predicted molar refractivity (Wildman–Crippen MR) is 168 cm³/mol. The van der Waals surface area contributed by atoms with Gasteiger partial charge in [-0.2, -0.15) is 0 Å². The summed E-state index contributed by atoms with van der Waals surface area (Å²) in [5.41, 5.74) is 6.92. The number of nitrogens with zero attached hydrogens (tertiary/aromatic N) is 2. The molecule has 1 atom stereocenters. The molecule has 0 saturated heterocycles. The molecule has 0 radical (unpaired) electrons. The lowest BCUT2D eigenvalue weighted by Gasteiger charge is -2.24. The van der Waals surface area contributed by atoms with Crippen LogP contribution in [0.1, 0.15) is 22.9 Å². The molecule has 1 unspecified atom stereocenters. The van der Waals surface area contributed by atoms with Crippen molar-refractivity contribution >= 4 is 44.4 Å². The van der Waals surface area contributed by atoms with Crippen molar-refractivity contribution in [3.05, 3.63) is 156 Å². The van der Waals surface area contributed by atoms with Crippen molar-refractivity contribution in [1.82, 2.24) is 5.32 Å². The van der Waals surface area contributed by atoms with Gasteiger partial charge >= 0.3 is 0 Å². The number of hydrogen-bond donors (Lipinski definition) is 1. The number of nitrogens with one attached hydrogen (secondary N) is 1. The van der Waals surface area contributed by atoms with E-state index in [0.29, 0.717) is 5.84 Å². The quantitative estimate of drug-likeness (QED) is 0.248. The number of aliphatic imine (C=N–C) groups is 2. The van der Waals surface area contributed by atoms with E-state index in [1.165, 1.54) is 5.39 Å². The van der Waals surface area contributed by atoms with E-state index in [1.807, 2.05) is 36.4 Å². The van der Waals surface area contributed by atoms with Gasteiger partial charge in [0.2, 0.25) is 0 Å². The molecule has 7 aromatic rings. The second kappa shape index (κ2) is 9.61. The zero-order valence-corrected chi connectivity index (χ0v) is 22.2. The molecule has 8 rings (SSSR count). The number of benzene rings is 6. The molecule has 0 bridgehead atoms. The summed E-state index contributed by atoms with van der Waals surface area (Å²) < 4.78 is 6.53. The van der Waals surface area contributed by atoms with Gasteiger partial charge in [0.1, 0.15) is 23.2 Å². The van der Waals surface area contributed by atoms with E-state index in [0.717, 1.165) is 61.0 Å². The summed E-state index contributed by atoms with van der Waals surface area (Å²) in [6, 6.07) is 48.0. The Morgan fingerprint density at radius 1 is 0.585 bits per heavy atom. The summed E-state index contributed by atoms with van der Waals surface area (Å²) >= 11 is 0. The molecule has 4 nitrogen and oxygen atoms in total. The van der Waals surface area contributed by atoms with Crippen LogP contribution in [0.4, 0.5) is 0 Å². The topological polar surface area (TPSA) is 49.9 Å². The molecule has 2 heterocycles. The normalized spacial score (nSPS) is 15.1. The van der Waals surface area contributed by atoms with Gasteiger partial charge in [0, 0.05) is 27.5 Å². The van der Waals surface area contributed by atoms with Gasteiger partial charge in [-0.3, -0.25) is 0 Å². The van der Waals surface area contributed by atoms with Crippen LogP contribution in [0.15, 0.2) is 154 Å². The SMILES string of the molecule is c1ccc(-c2ccc(C3=NC(c4ccc5ccccc5c4)=NC(c4ccccc4)N3)c3c2oc2ccccc23)cc1. The van der Waals surface area contributed by atoms with Crippen LogP contribution in [0.2, 0.25) is 0 Å². The average molecular weight is 528 g/mol. The van der Waals surface area contributed by atoms with E-state index in [2.05, 4.69) is 108 Å². The van der Waals surface area contributed by atoms with Crippen LogP contribution in [0.3, 0.4) is 0 Å². The fourth-order valence-corrected chi connectivity index (χ4v) is 5.72. The lowest BCUT2D eigenvalue weighted by Crippen LogP contribution is -2.33. The average Bonchev–Trinajstić information content (AvgIpc) is 3.44. The van der Waals surface area contributed by atoms with Crippen LogP contribution in [-0.2, 0) is 0 Å². The fourth-order valence-electron chi connectivity index (χ4n) is 5.72. The molecule has 1 aliphatic heterocycles. The van der Waals surface area contributed by atoms with Crippen molar-refractivity contribution < 1.29 is 4.42 Å². The first-order valence-electron chi connectivity index (χ1n) is 13.8. The molecule has 1 aliphatic rings. The Labute approximate surface area is 237 Å². The Hall–Kier alpha value is -5.48. The molecule has 1 N–H and O–H groups in total. The van der Waals surface area contributed by atoms with Gasteiger partial charge in [0.25, 0.3) is 0 Å². The van der Waals surface area contributed by atoms with Gasteiger partial charge in [-0.1, -0.05) is 115 Å². The van der Waals surface area contributed by atoms with E-state index in [4.69, 9.17) is 14.4 Å². The largest absolute Gasteiger partial charge is 0.455 e. The lowest BCUT2D eigenvalue weighted by atomic mass is 9.97. The van der Waals surface area contributed by atoms with Gasteiger partial charge in [-0.15, -0.1) is 0 Å². The first kappa shape index (κ1) is 23.4. The summed E-state index contributed by atoms with van der Waals surface area (Å²) in [5, 5.41) is 8.11. The minimum atomic E-state index is -0.285. The van der Waals surface area contributed by atoms with Crippen LogP contribution < -0.4 is 5.32 Å². The Morgan fingerprint density at radius 2 is 1.29 bits per heavy atom. The molecular formula is C37H25N3O. The molecule has 0 aliphatic carbocycles. The standard InChI is InChI=1S/C37H25N3O/c1-3-12-25(13-4-1)29-21-22-31(33-30-17-9-10-18-32(30)41-34(29)33)37-39-35(26-14-5-2-6-15-26)38-36(40-37)28-20-19-24-11-7-8-16-27(24)23-28/h1-23,35H,(H,38,39,40). The van der Waals surface area contributed by atoms with Gasteiger partial charge in [0.15, 0.2) is 5.84 Å². The van der Waals surface area contributed by atoms with Crippen LogP contribution in [0.5, 0.6) is 0 Å². The highest BCUT2D eigenvalue weighted by Crippen LogP contribution is 2.38. The minimum absolute atomic E-state index is 0.285. The summed E-state index contributed by atoms with van der Waals surface area (Å²) in [6.45, 7) is 0. The monoisotopic (exact) mass is 527 g/mol. The van der Waals surface area contributed by atoms with E-state index in [-0.39, 0.29) is 6.17 Å². The van der Waals surface area contributed by atoms with E-state index < -0.39 is 0 Å². The summed E-state index contributed by atoms with van der Waals surface area (Å²) in [4.78, 5) is 10.3. The van der Waals surface area contributed by atoms with Crippen molar-refractivity contribution in [1.29, 1.82) is 0 Å². The second-order valence-electron chi connectivity index (χ2n) is 10.3. The summed E-state index contributed by atoms with van der Waals surface area (Å²) in [5.74, 6) is 1.47. The minimum Gasteiger partial charge on any atom is -0.455 e. The first-order chi connectivity index (χ1) is 20.3. The molecule has 0 amide bonds. The fraction of sp³-hybridized carbons (Fsp3) is 0.0270. The molecule has 0 saturated carbocycles. The number of fused-ring (bicyclic) bond motifs is 4. The molecule has 1 aromatic heterocycles. The van der Waals surface area contributed by atoms with Crippen LogP contribution in [-0.4, -0.2) is 11.7 Å². The van der Waals surface area contributed by atoms with Crippen LogP contribution >= 0.6 is 0 Å². The van der Waals surface area contributed by atoms with E-state index in [9.17, 15) is 0 Å². The van der Waals surface area contributed by atoms with Crippen LogP contribution in [0.25, 0.3) is 43.8 Å². The highest BCUT2D eigenvalue weighted by atomic mass is 16.3. The maximum Gasteiger partial charge on any atom is 0.159 e. The smallest absolute Gasteiger partial charge is 0.159 e. The number of para-hydroxylation sites is 1. The third-order valence-electron chi connectivity index (χ3n) is 7.73. The van der Waals surface area contributed by atoms with Gasteiger partial charge in [0.05, 0.1) is 0 Å². The molecule has 6 aromatic carbocycles. The highest BCUT2D eigenvalue weighted by molar-refractivity contribution is 6.23. The molecular weight excluding hydrogens is 502 g/mol. The summed E-state index contributed by atoms with van der Waals surface area (Å²) in [6.07, 6.45) is -0.285.